The minimum atomic E-state index is -0.596. The van der Waals surface area contributed by atoms with Gasteiger partial charge in [0.25, 0.3) is 0 Å². The molecule has 2 heterocycles. The van der Waals surface area contributed by atoms with Crippen LogP contribution in [0.15, 0.2) is 0 Å². The van der Waals surface area contributed by atoms with Crippen molar-refractivity contribution in [3.8, 4) is 0 Å². The normalized spacial score (nSPS) is 36.1. The van der Waals surface area contributed by atoms with Gasteiger partial charge < -0.3 is 5.11 Å². The Kier molecular flexibility index (Phi) is 4.51. The second kappa shape index (κ2) is 5.65. The van der Waals surface area contributed by atoms with Crippen molar-refractivity contribution in [1.29, 1.82) is 0 Å². The highest BCUT2D eigenvalue weighted by atomic mass is 32.2. The van der Waals surface area contributed by atoms with Crippen LogP contribution in [0, 0.1) is 10.8 Å². The fourth-order valence-electron chi connectivity index (χ4n) is 3.57. The average molecular weight is 285 g/mol. The van der Waals surface area contributed by atoms with Crippen LogP contribution < -0.4 is 0 Å². The fraction of sp³-hybridized carbons (Fsp3) is 0.933. The minimum absolute atomic E-state index is 0.320. The van der Waals surface area contributed by atoms with E-state index >= 15 is 0 Å². The number of thioether (sulfide) groups is 1. The number of carboxylic acids is 1. The van der Waals surface area contributed by atoms with E-state index in [0.717, 1.165) is 38.1 Å². The van der Waals surface area contributed by atoms with Gasteiger partial charge >= 0.3 is 5.97 Å². The van der Waals surface area contributed by atoms with E-state index in [-0.39, 0.29) is 0 Å². The van der Waals surface area contributed by atoms with E-state index in [1.54, 1.807) is 0 Å². The third-order valence-electron chi connectivity index (χ3n) is 5.25. The highest BCUT2D eigenvalue weighted by Gasteiger charge is 2.45. The van der Waals surface area contributed by atoms with Crippen molar-refractivity contribution < 1.29 is 9.90 Å². The molecule has 0 spiro atoms. The molecule has 0 aliphatic carbocycles. The number of hydrogen-bond acceptors (Lipinski definition) is 3. The minimum Gasteiger partial charge on any atom is -0.481 e. The lowest BCUT2D eigenvalue weighted by molar-refractivity contribution is -0.154. The number of likely N-dealkylation sites (tertiary alicyclic amines) is 1. The van der Waals surface area contributed by atoms with Gasteiger partial charge in [-0.15, -0.1) is 0 Å². The van der Waals surface area contributed by atoms with Crippen molar-refractivity contribution in [2.75, 3.05) is 24.6 Å². The van der Waals surface area contributed by atoms with Gasteiger partial charge in [-0.1, -0.05) is 20.8 Å². The molecular formula is C15H27NO2S. The highest BCUT2D eigenvalue weighted by Crippen LogP contribution is 2.42. The summed E-state index contributed by atoms with van der Waals surface area (Å²) >= 11 is 2.03. The van der Waals surface area contributed by atoms with Gasteiger partial charge in [0.15, 0.2) is 0 Å². The Morgan fingerprint density at radius 1 is 1.42 bits per heavy atom. The number of rotatable bonds is 3. The maximum atomic E-state index is 11.7. The van der Waals surface area contributed by atoms with E-state index in [2.05, 4.69) is 18.7 Å². The first-order chi connectivity index (χ1) is 8.91. The molecule has 0 radical (unpaired) electrons. The van der Waals surface area contributed by atoms with E-state index in [1.165, 1.54) is 12.2 Å². The van der Waals surface area contributed by atoms with Crippen LogP contribution in [-0.4, -0.2) is 46.6 Å². The first kappa shape index (κ1) is 15.2. The Morgan fingerprint density at radius 2 is 2.16 bits per heavy atom. The number of carbonyl (C=O) groups is 1. The zero-order chi connectivity index (χ0) is 14.1. The van der Waals surface area contributed by atoms with Crippen molar-refractivity contribution in [2.45, 2.75) is 52.5 Å². The molecule has 0 saturated carbocycles. The van der Waals surface area contributed by atoms with Crippen molar-refractivity contribution in [3.05, 3.63) is 0 Å². The summed E-state index contributed by atoms with van der Waals surface area (Å²) in [7, 11) is 0. The first-order valence-electron chi connectivity index (χ1n) is 7.46. The summed E-state index contributed by atoms with van der Waals surface area (Å²) in [4.78, 5) is 14.1. The Hall–Kier alpha value is -0.220. The van der Waals surface area contributed by atoms with E-state index in [0.29, 0.717) is 11.5 Å². The van der Waals surface area contributed by atoms with Crippen LogP contribution in [-0.2, 0) is 4.79 Å². The van der Waals surface area contributed by atoms with Gasteiger partial charge in [-0.25, -0.2) is 0 Å². The monoisotopic (exact) mass is 285 g/mol. The number of nitrogens with zero attached hydrogens (tertiary/aromatic N) is 1. The van der Waals surface area contributed by atoms with Gasteiger partial charge in [0.1, 0.15) is 0 Å². The predicted octanol–water partition coefficient (Wildman–Crippen LogP) is 3.09. The second-order valence-corrected chi connectivity index (χ2v) is 7.99. The summed E-state index contributed by atoms with van der Waals surface area (Å²) in [6.07, 6.45) is 3.86. The van der Waals surface area contributed by atoms with Gasteiger partial charge in [-0.05, 0) is 43.4 Å². The maximum absolute atomic E-state index is 11.7. The highest BCUT2D eigenvalue weighted by molar-refractivity contribution is 7.99. The summed E-state index contributed by atoms with van der Waals surface area (Å²) < 4.78 is 0. The van der Waals surface area contributed by atoms with Crippen LogP contribution >= 0.6 is 11.8 Å². The summed E-state index contributed by atoms with van der Waals surface area (Å²) in [5.41, 5.74) is -0.184. The molecule has 2 aliphatic rings. The molecule has 2 aliphatic heterocycles. The molecule has 2 fully saturated rings. The van der Waals surface area contributed by atoms with Crippen molar-refractivity contribution in [1.82, 2.24) is 4.90 Å². The predicted molar refractivity (Wildman–Crippen MR) is 80.7 cm³/mol. The third kappa shape index (κ3) is 2.94. The van der Waals surface area contributed by atoms with Crippen LogP contribution in [0.1, 0.15) is 46.5 Å². The van der Waals surface area contributed by atoms with E-state index in [9.17, 15) is 9.90 Å². The SMILES string of the molecule is CCC1(C(=O)O)CCCN(C2CSCCC2(C)C)C1. The summed E-state index contributed by atoms with van der Waals surface area (Å²) in [5, 5.41) is 9.60. The Morgan fingerprint density at radius 3 is 2.74 bits per heavy atom. The van der Waals surface area contributed by atoms with E-state index in [1.807, 2.05) is 18.7 Å². The average Bonchev–Trinajstić information content (AvgIpc) is 2.38. The fourth-order valence-corrected chi connectivity index (χ4v) is 5.29. The lowest BCUT2D eigenvalue weighted by Gasteiger charge is -2.50. The van der Waals surface area contributed by atoms with Gasteiger partial charge in [-0.2, -0.15) is 11.8 Å². The number of aliphatic carboxylic acids is 1. The zero-order valence-electron chi connectivity index (χ0n) is 12.4. The van der Waals surface area contributed by atoms with Crippen LogP contribution in [0.3, 0.4) is 0 Å². The molecule has 0 aromatic carbocycles. The standard InChI is InChI=1S/C15H27NO2S/c1-4-15(13(17)18)6-5-8-16(11-15)12-10-19-9-7-14(12,2)3/h12H,4-11H2,1-3H3,(H,17,18). The molecule has 110 valence electrons. The van der Waals surface area contributed by atoms with Crippen LogP contribution in [0.4, 0.5) is 0 Å². The molecule has 0 amide bonds. The van der Waals surface area contributed by atoms with Gasteiger partial charge in [-0.3, -0.25) is 9.69 Å². The quantitative estimate of drug-likeness (QED) is 0.865. The van der Waals surface area contributed by atoms with E-state index < -0.39 is 11.4 Å². The first-order valence-corrected chi connectivity index (χ1v) is 8.62. The topological polar surface area (TPSA) is 40.5 Å². The summed E-state index contributed by atoms with van der Waals surface area (Å²) in [6.45, 7) is 8.54. The Bertz CT molecular complexity index is 345. The Balaban J connectivity index is 2.14. The third-order valence-corrected chi connectivity index (χ3v) is 6.29. The molecular weight excluding hydrogens is 258 g/mol. The molecule has 19 heavy (non-hydrogen) atoms. The van der Waals surface area contributed by atoms with Crippen molar-refractivity contribution >= 4 is 17.7 Å². The van der Waals surface area contributed by atoms with Crippen LogP contribution in [0.2, 0.25) is 0 Å². The second-order valence-electron chi connectivity index (χ2n) is 6.84. The van der Waals surface area contributed by atoms with Crippen molar-refractivity contribution in [2.24, 2.45) is 10.8 Å². The number of piperidine rings is 1. The van der Waals surface area contributed by atoms with E-state index in [4.69, 9.17) is 0 Å². The molecule has 3 nitrogen and oxygen atoms in total. The number of hydrogen-bond donors (Lipinski definition) is 1. The summed E-state index contributed by atoms with van der Waals surface area (Å²) in [5.74, 6) is 1.81. The van der Waals surface area contributed by atoms with Crippen LogP contribution in [0.25, 0.3) is 0 Å². The number of carboxylic acid groups (broad SMARTS) is 1. The molecule has 0 aromatic heterocycles. The van der Waals surface area contributed by atoms with Crippen LogP contribution in [0.5, 0.6) is 0 Å². The molecule has 2 saturated heterocycles. The zero-order valence-corrected chi connectivity index (χ0v) is 13.3. The summed E-state index contributed by atoms with van der Waals surface area (Å²) in [6, 6.07) is 0.539. The Labute approximate surface area is 121 Å². The van der Waals surface area contributed by atoms with Gasteiger partial charge in [0.05, 0.1) is 5.41 Å². The molecule has 4 heteroatoms. The lowest BCUT2D eigenvalue weighted by atomic mass is 9.74. The van der Waals surface area contributed by atoms with Gasteiger partial charge in [0.2, 0.25) is 0 Å². The maximum Gasteiger partial charge on any atom is 0.310 e. The molecule has 2 rings (SSSR count). The molecule has 0 aromatic rings. The van der Waals surface area contributed by atoms with Crippen molar-refractivity contribution in [3.63, 3.8) is 0 Å². The largest absolute Gasteiger partial charge is 0.481 e. The molecule has 2 atom stereocenters. The molecule has 2 unspecified atom stereocenters. The molecule has 1 N–H and O–H groups in total. The molecule has 0 bridgehead atoms. The van der Waals surface area contributed by atoms with Gasteiger partial charge in [0, 0.05) is 18.3 Å². The lowest BCUT2D eigenvalue weighted by Crippen LogP contribution is -2.56. The smallest absolute Gasteiger partial charge is 0.310 e.